The van der Waals surface area contributed by atoms with Crippen molar-refractivity contribution < 1.29 is 25.3 Å². The Morgan fingerprint density at radius 1 is 0.556 bits per heavy atom. The Balaban J connectivity index is 6.36. The lowest BCUT2D eigenvalue weighted by atomic mass is 10.2. The second-order valence-corrected chi connectivity index (χ2v) is 14.9. The van der Waals surface area contributed by atoms with Crippen LogP contribution in [0.1, 0.15) is 90.4 Å². The highest BCUT2D eigenvalue weighted by atomic mass is 32.3. The molecule has 0 saturated carbocycles. The zero-order chi connectivity index (χ0) is 27.6. The van der Waals surface area contributed by atoms with Crippen LogP contribution < -0.4 is 14.2 Å². The Morgan fingerprint density at radius 3 is 1.17 bits per heavy atom. The van der Waals surface area contributed by atoms with Crippen LogP contribution in [-0.2, 0) is 30.1 Å². The Hall–Kier alpha value is -1.80. The largest absolute Gasteiger partial charge is 0.313 e. The van der Waals surface area contributed by atoms with E-state index in [0.29, 0.717) is 32.1 Å². The average molecular weight is 567 g/mol. The van der Waals surface area contributed by atoms with Gasteiger partial charge in [-0.05, 0) is 44.9 Å². The minimum Gasteiger partial charge on any atom is -0.213 e. The van der Waals surface area contributed by atoms with Crippen molar-refractivity contribution in [2.75, 3.05) is 19.6 Å². The van der Waals surface area contributed by atoms with Crippen LogP contribution in [0.5, 0.6) is 0 Å². The summed E-state index contributed by atoms with van der Waals surface area (Å²) in [7, 11) is -15.0. The maximum Gasteiger partial charge on any atom is 0.313 e. The number of hydrogen-bond acceptors (Lipinski definition) is 9. The van der Waals surface area contributed by atoms with E-state index in [-0.39, 0.29) is 64.6 Å². The molecule has 0 atom stereocenters. The van der Waals surface area contributed by atoms with Crippen LogP contribution in [0.15, 0.2) is 0 Å². The third-order valence-corrected chi connectivity index (χ3v) is 14.1. The van der Waals surface area contributed by atoms with E-state index in [0.717, 1.165) is 0 Å². The molecule has 0 aliphatic rings. The molecule has 36 heavy (non-hydrogen) atoms. The molecule has 0 radical (unpaired) electrons. The van der Waals surface area contributed by atoms with Crippen molar-refractivity contribution in [1.82, 2.24) is 14.2 Å². The van der Waals surface area contributed by atoms with Crippen molar-refractivity contribution in [2.45, 2.75) is 93.8 Å². The molecule has 0 fully saturated rings. The van der Waals surface area contributed by atoms with Crippen molar-refractivity contribution in [3.8, 4) is 18.2 Å². The summed E-state index contributed by atoms with van der Waals surface area (Å²) < 4.78 is 84.5. The lowest BCUT2D eigenvalue weighted by Gasteiger charge is -2.32. The summed E-state index contributed by atoms with van der Waals surface area (Å²) in [6.07, 6.45) is 2.61. The number of nitrogens with one attached hydrogen (secondary N) is 3. The van der Waals surface area contributed by atoms with Gasteiger partial charge in [0.15, 0.2) is 0 Å². The summed E-state index contributed by atoms with van der Waals surface area (Å²) in [4.78, 5) is 0. The second-order valence-electron chi connectivity index (χ2n) is 8.18. The first-order valence-corrected chi connectivity index (χ1v) is 16.5. The van der Waals surface area contributed by atoms with Gasteiger partial charge < -0.3 is 0 Å². The maximum atomic E-state index is 13.5. The SMILES string of the molecule is CCCCCC(S(=O)(=O)NCCCCC#N)(S(=O)(=O)NCCCCC#N)S(=O)(=O)NCCCCC#N. The number of unbranched alkanes of at least 4 members (excludes halogenated alkanes) is 8. The lowest BCUT2D eigenvalue weighted by molar-refractivity contribution is 0.510. The highest BCUT2D eigenvalue weighted by Gasteiger charge is 2.64. The summed E-state index contributed by atoms with van der Waals surface area (Å²) >= 11 is 0. The summed E-state index contributed by atoms with van der Waals surface area (Å²) in [6, 6.07) is 5.77. The molecule has 0 spiro atoms. The molecule has 206 valence electrons. The van der Waals surface area contributed by atoms with Gasteiger partial charge in [0.2, 0.25) is 30.1 Å². The predicted octanol–water partition coefficient (Wildman–Crippen LogP) is 2.06. The number of sulfonamides is 3. The molecule has 0 rings (SSSR count). The number of hydrogen-bond donors (Lipinski definition) is 3. The highest BCUT2D eigenvalue weighted by Crippen LogP contribution is 2.35. The molecule has 0 aromatic heterocycles. The number of nitrogens with zero attached hydrogens (tertiary/aromatic N) is 3. The number of rotatable bonds is 22. The fourth-order valence-corrected chi connectivity index (χ4v) is 11.0. The molecule has 0 aromatic rings. The quantitative estimate of drug-likeness (QED) is 0.163. The lowest BCUT2D eigenvalue weighted by Crippen LogP contribution is -2.63. The second kappa shape index (κ2) is 17.6. The van der Waals surface area contributed by atoms with Gasteiger partial charge in [0.05, 0.1) is 18.2 Å². The van der Waals surface area contributed by atoms with Gasteiger partial charge >= 0.3 is 3.41 Å². The molecule has 0 aromatic carbocycles. The first-order chi connectivity index (χ1) is 17.0. The molecule has 15 heteroatoms. The van der Waals surface area contributed by atoms with Crippen molar-refractivity contribution in [1.29, 1.82) is 15.8 Å². The van der Waals surface area contributed by atoms with E-state index in [4.69, 9.17) is 15.8 Å². The Labute approximate surface area is 216 Å². The van der Waals surface area contributed by atoms with Crippen molar-refractivity contribution >= 4 is 30.1 Å². The molecular weight excluding hydrogens is 528 g/mol. The minimum absolute atomic E-state index is 0.0243. The van der Waals surface area contributed by atoms with Crippen molar-refractivity contribution in [3.63, 3.8) is 0 Å². The smallest absolute Gasteiger partial charge is 0.213 e. The summed E-state index contributed by atoms with van der Waals surface area (Å²) in [5.41, 5.74) is 0. The maximum absolute atomic E-state index is 13.5. The van der Waals surface area contributed by atoms with E-state index < -0.39 is 39.9 Å². The first-order valence-electron chi connectivity index (χ1n) is 12.1. The third-order valence-electron chi connectivity index (χ3n) is 5.34. The van der Waals surface area contributed by atoms with Gasteiger partial charge in [-0.1, -0.05) is 19.8 Å². The van der Waals surface area contributed by atoms with Crippen LogP contribution in [0.3, 0.4) is 0 Å². The van der Waals surface area contributed by atoms with Crippen molar-refractivity contribution in [2.24, 2.45) is 0 Å². The Kier molecular flexibility index (Phi) is 16.7. The van der Waals surface area contributed by atoms with Crippen LogP contribution in [0.25, 0.3) is 0 Å². The standard InChI is InChI=1S/C21H38N6O6S3/c1-2-3-7-14-21(34(28,29)25-18-11-4-8-15-22,35(30,31)26-19-12-5-9-16-23)36(32,33)27-20-13-6-10-17-24/h25-27H,2-14,18-20H2,1H3. The molecule has 3 N–H and O–H groups in total. The average Bonchev–Trinajstić information content (AvgIpc) is 2.80. The highest BCUT2D eigenvalue weighted by molar-refractivity contribution is 8.24. The third kappa shape index (κ3) is 10.3. The van der Waals surface area contributed by atoms with Gasteiger partial charge in [0.25, 0.3) is 0 Å². The van der Waals surface area contributed by atoms with Gasteiger partial charge in [-0.25, -0.2) is 39.4 Å². The fourth-order valence-electron chi connectivity index (χ4n) is 3.36. The summed E-state index contributed by atoms with van der Waals surface area (Å²) in [5.74, 6) is 0. The van der Waals surface area contributed by atoms with E-state index in [1.54, 1.807) is 0 Å². The molecule has 0 aliphatic heterocycles. The van der Waals surface area contributed by atoms with Crippen LogP contribution in [0.4, 0.5) is 0 Å². The zero-order valence-corrected chi connectivity index (χ0v) is 23.3. The van der Waals surface area contributed by atoms with Crippen LogP contribution in [0.2, 0.25) is 0 Å². The van der Waals surface area contributed by atoms with Crippen LogP contribution >= 0.6 is 0 Å². The van der Waals surface area contributed by atoms with E-state index in [2.05, 4.69) is 14.2 Å². The van der Waals surface area contributed by atoms with E-state index in [9.17, 15) is 25.3 Å². The van der Waals surface area contributed by atoms with Gasteiger partial charge in [0.1, 0.15) is 0 Å². The van der Waals surface area contributed by atoms with Gasteiger partial charge in [-0.15, -0.1) is 0 Å². The van der Waals surface area contributed by atoms with Gasteiger partial charge in [-0.2, -0.15) is 15.8 Å². The molecule has 0 unspecified atom stereocenters. The molecule has 0 heterocycles. The van der Waals surface area contributed by atoms with Crippen LogP contribution in [0, 0.1) is 34.0 Å². The Morgan fingerprint density at radius 2 is 0.889 bits per heavy atom. The summed E-state index contributed by atoms with van der Waals surface area (Å²) in [5, 5.41) is 26.0. The monoisotopic (exact) mass is 566 g/mol. The predicted molar refractivity (Wildman–Crippen MR) is 136 cm³/mol. The summed E-state index contributed by atoms with van der Waals surface area (Å²) in [6.45, 7) is 1.13. The number of nitriles is 3. The molecule has 0 aliphatic carbocycles. The van der Waals surface area contributed by atoms with E-state index >= 15 is 0 Å². The first kappa shape index (κ1) is 34.2. The zero-order valence-electron chi connectivity index (χ0n) is 20.8. The molecule has 0 amide bonds. The van der Waals surface area contributed by atoms with E-state index in [1.165, 1.54) is 0 Å². The topological polar surface area (TPSA) is 210 Å². The Bertz CT molecular complexity index is 955. The minimum atomic E-state index is -5.00. The molecular formula is C21H38N6O6S3. The molecule has 12 nitrogen and oxygen atoms in total. The van der Waals surface area contributed by atoms with Gasteiger partial charge in [-0.3, -0.25) is 0 Å². The van der Waals surface area contributed by atoms with Crippen LogP contribution in [-0.4, -0.2) is 48.3 Å². The van der Waals surface area contributed by atoms with Crippen molar-refractivity contribution in [3.05, 3.63) is 0 Å². The van der Waals surface area contributed by atoms with E-state index in [1.807, 2.05) is 25.1 Å². The fraction of sp³-hybridized carbons (Fsp3) is 0.857. The normalized spacial score (nSPS) is 12.5. The van der Waals surface area contributed by atoms with Gasteiger partial charge in [0, 0.05) is 45.3 Å². The molecule has 0 saturated heterocycles. The molecule has 0 bridgehead atoms.